The number of nitrogens with one attached hydrogen (secondary N) is 1. The maximum atomic E-state index is 12.5. The molecule has 0 bridgehead atoms. The zero-order valence-electron chi connectivity index (χ0n) is 15.9. The quantitative estimate of drug-likeness (QED) is 0.685. The summed E-state index contributed by atoms with van der Waals surface area (Å²) in [5.74, 6) is 0.901. The molecule has 0 saturated carbocycles. The molecule has 148 valence electrons. The molecule has 1 fully saturated rings. The minimum absolute atomic E-state index is 0.185. The summed E-state index contributed by atoms with van der Waals surface area (Å²) in [7, 11) is 1.70. The fourth-order valence-corrected chi connectivity index (χ4v) is 4.53. The van der Waals surface area contributed by atoms with Gasteiger partial charge in [-0.2, -0.15) is 0 Å². The molecule has 1 aliphatic rings. The molecular formula is C20H24N4O3S. The van der Waals surface area contributed by atoms with Crippen molar-refractivity contribution >= 4 is 27.2 Å². The lowest BCUT2D eigenvalue weighted by atomic mass is 10.2. The molecule has 0 spiro atoms. The van der Waals surface area contributed by atoms with Crippen LogP contribution in [0, 0.1) is 0 Å². The number of methoxy groups -OCH3 is 1. The lowest BCUT2D eigenvalue weighted by molar-refractivity contribution is 0.249. The molecule has 0 unspecified atom stereocenters. The number of aromatic nitrogens is 2. The number of ether oxygens (including phenoxy) is 1. The summed E-state index contributed by atoms with van der Waals surface area (Å²) >= 11 is 1.37. The number of thiophene rings is 1. The van der Waals surface area contributed by atoms with Gasteiger partial charge in [0.25, 0.3) is 5.56 Å². The third kappa shape index (κ3) is 3.70. The molecule has 4 rings (SSSR count). The van der Waals surface area contributed by atoms with Crippen LogP contribution in [-0.2, 0) is 6.54 Å². The number of rotatable bonds is 6. The molecule has 1 N–H and O–H groups in total. The largest absolute Gasteiger partial charge is 0.495 e. The van der Waals surface area contributed by atoms with Gasteiger partial charge in [0, 0.05) is 32.7 Å². The molecule has 0 atom stereocenters. The highest BCUT2D eigenvalue weighted by Crippen LogP contribution is 2.28. The van der Waals surface area contributed by atoms with Crippen molar-refractivity contribution in [1.82, 2.24) is 14.5 Å². The van der Waals surface area contributed by atoms with Crippen LogP contribution in [0.25, 0.3) is 10.2 Å². The van der Waals surface area contributed by atoms with Gasteiger partial charge in [0.1, 0.15) is 10.4 Å². The summed E-state index contributed by atoms with van der Waals surface area (Å²) in [6, 6.07) is 9.86. The van der Waals surface area contributed by atoms with E-state index < -0.39 is 0 Å². The Morgan fingerprint density at radius 1 is 1.07 bits per heavy atom. The Hall–Kier alpha value is -2.58. The number of para-hydroxylation sites is 2. The molecule has 28 heavy (non-hydrogen) atoms. The van der Waals surface area contributed by atoms with Crippen LogP contribution < -0.4 is 20.9 Å². The van der Waals surface area contributed by atoms with E-state index in [9.17, 15) is 9.59 Å². The summed E-state index contributed by atoms with van der Waals surface area (Å²) in [5.41, 5.74) is 1.25. The van der Waals surface area contributed by atoms with Crippen LogP contribution in [0.4, 0.5) is 5.69 Å². The fourth-order valence-electron chi connectivity index (χ4n) is 3.73. The Morgan fingerprint density at radius 3 is 2.64 bits per heavy atom. The monoisotopic (exact) mass is 400 g/mol. The minimum Gasteiger partial charge on any atom is -0.495 e. The maximum Gasteiger partial charge on any atom is 0.328 e. The molecule has 1 saturated heterocycles. The van der Waals surface area contributed by atoms with Crippen LogP contribution in [0.2, 0.25) is 0 Å². The third-order valence-electron chi connectivity index (χ3n) is 5.25. The van der Waals surface area contributed by atoms with Gasteiger partial charge in [-0.3, -0.25) is 14.3 Å². The number of hydrogen-bond donors (Lipinski definition) is 1. The maximum absolute atomic E-state index is 12.5. The summed E-state index contributed by atoms with van der Waals surface area (Å²) in [6.07, 6.45) is 0.772. The predicted molar refractivity (Wildman–Crippen MR) is 113 cm³/mol. The highest BCUT2D eigenvalue weighted by atomic mass is 32.1. The van der Waals surface area contributed by atoms with Crippen molar-refractivity contribution in [3.05, 3.63) is 56.5 Å². The van der Waals surface area contributed by atoms with E-state index in [2.05, 4.69) is 20.9 Å². The van der Waals surface area contributed by atoms with E-state index >= 15 is 0 Å². The van der Waals surface area contributed by atoms with E-state index in [4.69, 9.17) is 4.74 Å². The van der Waals surface area contributed by atoms with E-state index in [1.165, 1.54) is 15.9 Å². The molecule has 2 aromatic heterocycles. The summed E-state index contributed by atoms with van der Waals surface area (Å²) in [4.78, 5) is 32.2. The second-order valence-corrected chi connectivity index (χ2v) is 7.82. The second kappa shape index (κ2) is 8.20. The first-order chi connectivity index (χ1) is 13.7. The first kappa shape index (κ1) is 18.8. The van der Waals surface area contributed by atoms with Crippen molar-refractivity contribution in [2.24, 2.45) is 0 Å². The van der Waals surface area contributed by atoms with Crippen LogP contribution in [0.1, 0.15) is 6.42 Å². The first-order valence-corrected chi connectivity index (χ1v) is 10.4. The smallest absolute Gasteiger partial charge is 0.328 e. The highest BCUT2D eigenvalue weighted by Gasteiger charge is 2.19. The van der Waals surface area contributed by atoms with Crippen LogP contribution in [0.15, 0.2) is 45.3 Å². The van der Waals surface area contributed by atoms with E-state index in [0.717, 1.165) is 50.6 Å². The Kier molecular flexibility index (Phi) is 5.50. The summed E-state index contributed by atoms with van der Waals surface area (Å²) < 4.78 is 7.41. The average Bonchev–Trinajstić information content (AvgIpc) is 3.19. The number of piperazine rings is 1. The normalized spacial score (nSPS) is 15.2. The van der Waals surface area contributed by atoms with Crippen LogP contribution >= 0.6 is 11.3 Å². The molecule has 8 heteroatoms. The molecule has 3 aromatic rings. The second-order valence-electron chi connectivity index (χ2n) is 6.90. The number of hydrogen-bond acceptors (Lipinski definition) is 6. The van der Waals surface area contributed by atoms with E-state index in [0.29, 0.717) is 16.8 Å². The van der Waals surface area contributed by atoms with Gasteiger partial charge in [-0.05, 0) is 36.5 Å². The van der Waals surface area contributed by atoms with Gasteiger partial charge < -0.3 is 14.6 Å². The lowest BCUT2D eigenvalue weighted by Gasteiger charge is -2.36. The topological polar surface area (TPSA) is 70.6 Å². The number of benzene rings is 1. The van der Waals surface area contributed by atoms with E-state index in [1.807, 2.05) is 23.6 Å². The zero-order valence-corrected chi connectivity index (χ0v) is 16.7. The van der Waals surface area contributed by atoms with Crippen LogP contribution in [-0.4, -0.2) is 54.3 Å². The van der Waals surface area contributed by atoms with Gasteiger partial charge in [-0.1, -0.05) is 12.1 Å². The average molecular weight is 401 g/mol. The summed E-state index contributed by atoms with van der Waals surface area (Å²) in [6.45, 7) is 5.08. The summed E-state index contributed by atoms with van der Waals surface area (Å²) in [5, 5.41) is 1.83. The third-order valence-corrected chi connectivity index (χ3v) is 6.15. The SMILES string of the molecule is COc1ccccc1N1CCN(CCCn2c(=O)[nH]c3ccsc3c2=O)CC1. The number of nitrogens with zero attached hydrogens (tertiary/aromatic N) is 3. The van der Waals surface area contributed by atoms with Crippen molar-refractivity contribution in [2.75, 3.05) is 44.7 Å². The zero-order chi connectivity index (χ0) is 19.5. The molecule has 0 amide bonds. The standard InChI is InChI=1S/C20H24N4O3S/c1-27-17-6-3-2-5-16(17)23-12-10-22(11-13-23)8-4-9-24-19(25)18-15(7-14-28-18)21-20(24)26/h2-3,5-7,14H,4,8-13H2,1H3,(H,21,26). The van der Waals surface area contributed by atoms with Gasteiger partial charge in [0.2, 0.25) is 0 Å². The van der Waals surface area contributed by atoms with Gasteiger partial charge in [0.15, 0.2) is 0 Å². The molecule has 1 aromatic carbocycles. The Balaban J connectivity index is 1.33. The van der Waals surface area contributed by atoms with Crippen LogP contribution in [0.5, 0.6) is 5.75 Å². The van der Waals surface area contributed by atoms with Crippen molar-refractivity contribution in [1.29, 1.82) is 0 Å². The molecule has 7 nitrogen and oxygen atoms in total. The molecule has 0 radical (unpaired) electrons. The van der Waals surface area contributed by atoms with Gasteiger partial charge in [-0.15, -0.1) is 11.3 Å². The number of anilines is 1. The number of aromatic amines is 1. The minimum atomic E-state index is -0.322. The lowest BCUT2D eigenvalue weighted by Crippen LogP contribution is -2.47. The van der Waals surface area contributed by atoms with Crippen molar-refractivity contribution in [2.45, 2.75) is 13.0 Å². The Morgan fingerprint density at radius 2 is 1.86 bits per heavy atom. The van der Waals surface area contributed by atoms with Crippen molar-refractivity contribution in [3.63, 3.8) is 0 Å². The van der Waals surface area contributed by atoms with E-state index in [1.54, 1.807) is 13.2 Å². The van der Waals surface area contributed by atoms with Gasteiger partial charge in [-0.25, -0.2) is 4.79 Å². The number of fused-ring (bicyclic) bond motifs is 1. The molecule has 3 heterocycles. The van der Waals surface area contributed by atoms with Crippen molar-refractivity contribution in [3.8, 4) is 5.75 Å². The van der Waals surface area contributed by atoms with Crippen molar-refractivity contribution < 1.29 is 4.74 Å². The first-order valence-electron chi connectivity index (χ1n) is 9.48. The van der Waals surface area contributed by atoms with Gasteiger partial charge >= 0.3 is 5.69 Å². The van der Waals surface area contributed by atoms with Gasteiger partial charge in [0.05, 0.1) is 18.3 Å². The highest BCUT2D eigenvalue weighted by molar-refractivity contribution is 7.17. The van der Waals surface area contributed by atoms with E-state index in [-0.39, 0.29) is 11.2 Å². The molecule has 1 aliphatic heterocycles. The Bertz CT molecular complexity index is 1060. The predicted octanol–water partition coefficient (Wildman–Crippen LogP) is 1.97. The molecular weight excluding hydrogens is 376 g/mol. The van der Waals surface area contributed by atoms with Crippen LogP contribution in [0.3, 0.4) is 0 Å². The molecule has 0 aliphatic carbocycles. The Labute approximate surface area is 166 Å². The number of H-pyrrole nitrogens is 1. The fraction of sp³-hybridized carbons (Fsp3) is 0.400.